The first kappa shape index (κ1) is 12.6. The second-order valence-electron chi connectivity index (χ2n) is 4.69. The zero-order chi connectivity index (χ0) is 14.1. The molecule has 0 aliphatic rings. The Balaban J connectivity index is 2.38. The van der Waals surface area contributed by atoms with Crippen LogP contribution < -0.4 is 11.3 Å². The Bertz CT molecular complexity index is 836. The molecule has 0 fully saturated rings. The molecule has 0 amide bonds. The molecule has 0 radical (unpaired) electrons. The van der Waals surface area contributed by atoms with Gasteiger partial charge in [0.25, 0.3) is 5.56 Å². The molecular formula is C16H15N3O. The molecule has 0 saturated carbocycles. The van der Waals surface area contributed by atoms with Crippen molar-refractivity contribution in [3.8, 4) is 5.69 Å². The number of rotatable bonds is 2. The molecule has 4 nitrogen and oxygen atoms in total. The van der Waals surface area contributed by atoms with Crippen LogP contribution in [0.1, 0.15) is 11.4 Å². The largest absolute Gasteiger partial charge is 0.326 e. The van der Waals surface area contributed by atoms with E-state index in [1.807, 2.05) is 54.0 Å². The summed E-state index contributed by atoms with van der Waals surface area (Å²) in [5.74, 6) is 0.669. The molecule has 4 heteroatoms. The fourth-order valence-electron chi connectivity index (χ4n) is 2.43. The summed E-state index contributed by atoms with van der Waals surface area (Å²) in [5.41, 5.74) is 8.38. The summed E-state index contributed by atoms with van der Waals surface area (Å²) >= 11 is 0. The molecule has 0 atom stereocenters. The van der Waals surface area contributed by atoms with E-state index in [0.717, 1.165) is 16.8 Å². The number of nitrogens with two attached hydrogens (primary N) is 1. The molecule has 100 valence electrons. The monoisotopic (exact) mass is 265 g/mol. The van der Waals surface area contributed by atoms with E-state index in [0.29, 0.717) is 17.8 Å². The highest BCUT2D eigenvalue weighted by Crippen LogP contribution is 2.18. The van der Waals surface area contributed by atoms with E-state index in [4.69, 9.17) is 5.73 Å². The zero-order valence-electron chi connectivity index (χ0n) is 11.2. The van der Waals surface area contributed by atoms with Crippen LogP contribution in [0.5, 0.6) is 0 Å². The number of aromatic nitrogens is 2. The predicted molar refractivity (Wildman–Crippen MR) is 80.0 cm³/mol. The SMILES string of the molecule is Cc1nc(=O)c2ccccc2n1-c1cccc(CN)c1. The number of fused-ring (bicyclic) bond motifs is 1. The van der Waals surface area contributed by atoms with Crippen molar-refractivity contribution in [3.05, 3.63) is 70.3 Å². The number of hydrogen-bond donors (Lipinski definition) is 1. The lowest BCUT2D eigenvalue weighted by Gasteiger charge is -2.14. The Hall–Kier alpha value is -2.46. The van der Waals surface area contributed by atoms with Crippen LogP contribution in [0.25, 0.3) is 16.6 Å². The van der Waals surface area contributed by atoms with Crippen molar-refractivity contribution in [1.82, 2.24) is 9.55 Å². The third kappa shape index (κ3) is 2.00. The van der Waals surface area contributed by atoms with Crippen molar-refractivity contribution < 1.29 is 0 Å². The van der Waals surface area contributed by atoms with Gasteiger partial charge >= 0.3 is 0 Å². The summed E-state index contributed by atoms with van der Waals surface area (Å²) in [6, 6.07) is 15.5. The maximum atomic E-state index is 12.0. The van der Waals surface area contributed by atoms with E-state index in [-0.39, 0.29) is 5.56 Å². The number of hydrogen-bond acceptors (Lipinski definition) is 3. The van der Waals surface area contributed by atoms with E-state index in [9.17, 15) is 4.79 Å². The van der Waals surface area contributed by atoms with Crippen LogP contribution in [0.15, 0.2) is 53.3 Å². The van der Waals surface area contributed by atoms with E-state index >= 15 is 0 Å². The fraction of sp³-hybridized carbons (Fsp3) is 0.125. The van der Waals surface area contributed by atoms with Crippen molar-refractivity contribution in [2.45, 2.75) is 13.5 Å². The lowest BCUT2D eigenvalue weighted by atomic mass is 10.1. The average molecular weight is 265 g/mol. The number of nitrogens with zero attached hydrogens (tertiary/aromatic N) is 2. The minimum atomic E-state index is -0.190. The Kier molecular flexibility index (Phi) is 3.08. The highest BCUT2D eigenvalue weighted by atomic mass is 16.1. The summed E-state index contributed by atoms with van der Waals surface area (Å²) in [6.45, 7) is 2.32. The molecule has 20 heavy (non-hydrogen) atoms. The van der Waals surface area contributed by atoms with Gasteiger partial charge in [0, 0.05) is 12.2 Å². The van der Waals surface area contributed by atoms with Gasteiger partial charge in [-0.3, -0.25) is 9.36 Å². The molecule has 0 saturated heterocycles. The van der Waals surface area contributed by atoms with Crippen molar-refractivity contribution in [1.29, 1.82) is 0 Å². The molecule has 0 spiro atoms. The van der Waals surface area contributed by atoms with Crippen LogP contribution in [0.3, 0.4) is 0 Å². The second kappa shape index (κ2) is 4.90. The summed E-state index contributed by atoms with van der Waals surface area (Å²) in [5, 5.41) is 0.622. The fourth-order valence-corrected chi connectivity index (χ4v) is 2.43. The molecule has 3 aromatic rings. The van der Waals surface area contributed by atoms with Crippen LogP contribution in [0.2, 0.25) is 0 Å². The first-order chi connectivity index (χ1) is 9.70. The van der Waals surface area contributed by atoms with Crippen LogP contribution in [-0.4, -0.2) is 9.55 Å². The standard InChI is InChI=1S/C16H15N3O/c1-11-18-16(20)14-7-2-3-8-15(14)19(11)13-6-4-5-12(9-13)10-17/h2-9H,10,17H2,1H3. The minimum absolute atomic E-state index is 0.190. The average Bonchev–Trinajstić information content (AvgIpc) is 2.47. The van der Waals surface area contributed by atoms with Crippen molar-refractivity contribution in [3.63, 3.8) is 0 Å². The summed E-state index contributed by atoms with van der Waals surface area (Å²) in [4.78, 5) is 16.1. The first-order valence-corrected chi connectivity index (χ1v) is 6.48. The summed E-state index contributed by atoms with van der Waals surface area (Å²) < 4.78 is 1.98. The van der Waals surface area contributed by atoms with Gasteiger partial charge in [0.05, 0.1) is 10.9 Å². The molecule has 3 rings (SSSR count). The summed E-state index contributed by atoms with van der Waals surface area (Å²) in [7, 11) is 0. The molecule has 1 aromatic heterocycles. The van der Waals surface area contributed by atoms with Crippen LogP contribution in [0, 0.1) is 6.92 Å². The molecule has 0 aliphatic heterocycles. The second-order valence-corrected chi connectivity index (χ2v) is 4.69. The molecule has 1 heterocycles. The van der Waals surface area contributed by atoms with Crippen molar-refractivity contribution >= 4 is 10.9 Å². The zero-order valence-corrected chi connectivity index (χ0v) is 11.2. The van der Waals surface area contributed by atoms with Gasteiger partial charge in [0.2, 0.25) is 0 Å². The maximum Gasteiger partial charge on any atom is 0.280 e. The molecule has 2 aromatic carbocycles. The molecule has 2 N–H and O–H groups in total. The van der Waals surface area contributed by atoms with Gasteiger partial charge in [-0.1, -0.05) is 24.3 Å². The van der Waals surface area contributed by atoms with E-state index in [1.165, 1.54) is 0 Å². The van der Waals surface area contributed by atoms with Crippen molar-refractivity contribution in [2.24, 2.45) is 5.73 Å². The Morgan fingerprint density at radius 3 is 2.75 bits per heavy atom. The molecule has 0 bridgehead atoms. The highest BCUT2D eigenvalue weighted by molar-refractivity contribution is 5.79. The number of aryl methyl sites for hydroxylation is 1. The first-order valence-electron chi connectivity index (χ1n) is 6.48. The van der Waals surface area contributed by atoms with Gasteiger partial charge in [-0.2, -0.15) is 4.98 Å². The van der Waals surface area contributed by atoms with E-state index in [2.05, 4.69) is 4.98 Å². The third-order valence-corrected chi connectivity index (χ3v) is 3.37. The number of para-hydroxylation sites is 1. The van der Waals surface area contributed by atoms with Gasteiger partial charge in [0.15, 0.2) is 0 Å². The van der Waals surface area contributed by atoms with Gasteiger partial charge in [-0.15, -0.1) is 0 Å². The van der Waals surface area contributed by atoms with Crippen LogP contribution >= 0.6 is 0 Å². The quantitative estimate of drug-likeness (QED) is 0.772. The van der Waals surface area contributed by atoms with Gasteiger partial charge in [0.1, 0.15) is 5.82 Å². The van der Waals surface area contributed by atoms with Gasteiger partial charge in [-0.05, 0) is 36.8 Å². The molecular weight excluding hydrogens is 250 g/mol. The Labute approximate surface area is 116 Å². The van der Waals surface area contributed by atoms with Crippen LogP contribution in [0.4, 0.5) is 0 Å². The highest BCUT2D eigenvalue weighted by Gasteiger charge is 2.09. The van der Waals surface area contributed by atoms with E-state index < -0.39 is 0 Å². The maximum absolute atomic E-state index is 12.0. The lowest BCUT2D eigenvalue weighted by molar-refractivity contribution is 0.928. The molecule has 0 unspecified atom stereocenters. The smallest absolute Gasteiger partial charge is 0.280 e. The normalized spacial score (nSPS) is 10.9. The number of benzene rings is 2. The predicted octanol–water partition coefficient (Wildman–Crippen LogP) is 2.15. The third-order valence-electron chi connectivity index (χ3n) is 3.37. The summed E-state index contributed by atoms with van der Waals surface area (Å²) in [6.07, 6.45) is 0. The van der Waals surface area contributed by atoms with Gasteiger partial charge in [-0.25, -0.2) is 0 Å². The Morgan fingerprint density at radius 2 is 1.95 bits per heavy atom. The molecule has 0 aliphatic carbocycles. The minimum Gasteiger partial charge on any atom is -0.326 e. The van der Waals surface area contributed by atoms with Crippen LogP contribution in [-0.2, 0) is 6.54 Å². The Morgan fingerprint density at radius 1 is 1.15 bits per heavy atom. The lowest BCUT2D eigenvalue weighted by Crippen LogP contribution is -2.15. The van der Waals surface area contributed by atoms with E-state index in [1.54, 1.807) is 6.07 Å². The van der Waals surface area contributed by atoms with Crippen molar-refractivity contribution in [2.75, 3.05) is 0 Å². The van der Waals surface area contributed by atoms with Gasteiger partial charge < -0.3 is 5.73 Å². The topological polar surface area (TPSA) is 60.9 Å².